The Balaban J connectivity index is 1.54. The normalized spacial score (nSPS) is 11.5. The second kappa shape index (κ2) is 5.92. The van der Waals surface area contributed by atoms with E-state index in [0.717, 1.165) is 26.7 Å². The summed E-state index contributed by atoms with van der Waals surface area (Å²) in [6, 6.07) is 9.28. The number of anilines is 1. The first kappa shape index (κ1) is 15.2. The maximum Gasteiger partial charge on any atom is 0.265 e. The van der Waals surface area contributed by atoms with E-state index in [1.54, 1.807) is 11.3 Å². The lowest BCUT2D eigenvalue weighted by molar-refractivity contribution is 0.103. The number of nitrogens with zero attached hydrogens (tertiary/aromatic N) is 2. The summed E-state index contributed by atoms with van der Waals surface area (Å²) in [5, 5.41) is 4.90. The fourth-order valence-corrected chi connectivity index (χ4v) is 4.14. The smallest absolute Gasteiger partial charge is 0.265 e. The summed E-state index contributed by atoms with van der Waals surface area (Å²) >= 11 is 2.99. The van der Waals surface area contributed by atoms with Gasteiger partial charge in [-0.25, -0.2) is 4.98 Å². The van der Waals surface area contributed by atoms with Gasteiger partial charge in [0, 0.05) is 17.3 Å². The van der Waals surface area contributed by atoms with E-state index < -0.39 is 0 Å². The summed E-state index contributed by atoms with van der Waals surface area (Å²) in [7, 11) is 0. The Morgan fingerprint density at radius 3 is 2.83 bits per heavy atom. The zero-order valence-electron chi connectivity index (χ0n) is 13.1. The highest BCUT2D eigenvalue weighted by molar-refractivity contribution is 7.21. The van der Waals surface area contributed by atoms with Gasteiger partial charge in [-0.3, -0.25) is 9.20 Å². The minimum atomic E-state index is -0.125. The minimum absolute atomic E-state index is 0.125. The maximum atomic E-state index is 12.5. The topological polar surface area (TPSA) is 55.6 Å². The standard InChI is InChI=1S/C17H15N3O2S2/c1-10(2)22-12-5-3-11(4-6-12)18-15(21)14-9-13-16(24-14)19-17-20(13)7-8-23-17/h3-10H,1-2H3,(H,18,21). The molecule has 0 aliphatic heterocycles. The van der Waals surface area contributed by atoms with Crippen LogP contribution in [0.5, 0.6) is 5.75 Å². The number of amides is 1. The van der Waals surface area contributed by atoms with Gasteiger partial charge >= 0.3 is 0 Å². The third-order valence-electron chi connectivity index (χ3n) is 3.45. The van der Waals surface area contributed by atoms with Crippen molar-refractivity contribution in [3.05, 3.63) is 46.8 Å². The highest BCUT2D eigenvalue weighted by Crippen LogP contribution is 2.29. The quantitative estimate of drug-likeness (QED) is 0.578. The van der Waals surface area contributed by atoms with Crippen LogP contribution in [0.25, 0.3) is 15.3 Å². The fraction of sp³-hybridized carbons (Fsp3) is 0.176. The molecule has 0 aliphatic carbocycles. The average molecular weight is 357 g/mol. The number of fused-ring (bicyclic) bond motifs is 3. The molecule has 0 spiro atoms. The number of aromatic nitrogens is 2. The molecule has 0 atom stereocenters. The van der Waals surface area contributed by atoms with E-state index >= 15 is 0 Å². The Kier molecular flexibility index (Phi) is 3.74. The fourth-order valence-electron chi connectivity index (χ4n) is 2.44. The number of nitrogens with one attached hydrogen (secondary N) is 1. The van der Waals surface area contributed by atoms with E-state index in [1.165, 1.54) is 11.3 Å². The number of hydrogen-bond acceptors (Lipinski definition) is 5. The van der Waals surface area contributed by atoms with Crippen molar-refractivity contribution in [1.29, 1.82) is 0 Å². The second-order valence-corrected chi connectivity index (χ2v) is 7.52. The summed E-state index contributed by atoms with van der Waals surface area (Å²) in [6.45, 7) is 3.96. The van der Waals surface area contributed by atoms with E-state index in [-0.39, 0.29) is 12.0 Å². The van der Waals surface area contributed by atoms with Crippen LogP contribution in [0.3, 0.4) is 0 Å². The molecule has 0 saturated heterocycles. The van der Waals surface area contributed by atoms with E-state index in [4.69, 9.17) is 4.74 Å². The third-order valence-corrected chi connectivity index (χ3v) is 5.22. The van der Waals surface area contributed by atoms with Crippen molar-refractivity contribution < 1.29 is 9.53 Å². The molecule has 3 heterocycles. The number of thiophene rings is 1. The Labute approximate surface area is 146 Å². The van der Waals surface area contributed by atoms with Crippen molar-refractivity contribution in [3.8, 4) is 5.75 Å². The molecule has 7 heteroatoms. The SMILES string of the molecule is CC(C)Oc1ccc(NC(=O)c2cc3c(nc4sccn43)s2)cc1. The largest absolute Gasteiger partial charge is 0.491 e. The molecule has 4 rings (SSSR count). The van der Waals surface area contributed by atoms with Gasteiger partial charge in [-0.15, -0.1) is 22.7 Å². The maximum absolute atomic E-state index is 12.5. The van der Waals surface area contributed by atoms with Gasteiger partial charge in [-0.05, 0) is 44.2 Å². The molecule has 0 radical (unpaired) electrons. The van der Waals surface area contributed by atoms with E-state index in [2.05, 4.69) is 10.3 Å². The molecule has 1 amide bonds. The molecule has 0 aliphatic rings. The van der Waals surface area contributed by atoms with Crippen molar-refractivity contribution in [1.82, 2.24) is 9.38 Å². The number of carbonyl (C=O) groups is 1. The van der Waals surface area contributed by atoms with Gasteiger partial charge in [0.2, 0.25) is 0 Å². The number of ether oxygens (including phenoxy) is 1. The molecule has 0 saturated carbocycles. The van der Waals surface area contributed by atoms with E-state index in [9.17, 15) is 4.79 Å². The van der Waals surface area contributed by atoms with Gasteiger partial charge in [-0.1, -0.05) is 0 Å². The Morgan fingerprint density at radius 1 is 1.29 bits per heavy atom. The first-order valence-corrected chi connectivity index (χ1v) is 9.23. The predicted molar refractivity (Wildman–Crippen MR) is 98.6 cm³/mol. The van der Waals surface area contributed by atoms with Crippen molar-refractivity contribution in [2.45, 2.75) is 20.0 Å². The monoisotopic (exact) mass is 357 g/mol. The van der Waals surface area contributed by atoms with Crippen LogP contribution >= 0.6 is 22.7 Å². The predicted octanol–water partition coefficient (Wildman–Crippen LogP) is 4.65. The first-order chi connectivity index (χ1) is 11.6. The Bertz CT molecular complexity index is 1010. The molecule has 4 aromatic rings. The highest BCUT2D eigenvalue weighted by Gasteiger charge is 2.15. The van der Waals surface area contributed by atoms with E-state index in [1.807, 2.05) is 60.2 Å². The van der Waals surface area contributed by atoms with Gasteiger partial charge < -0.3 is 10.1 Å². The Hall–Kier alpha value is -2.38. The molecular formula is C17H15N3O2S2. The van der Waals surface area contributed by atoms with Crippen LogP contribution in [0.4, 0.5) is 5.69 Å². The molecule has 122 valence electrons. The number of benzene rings is 1. The number of carbonyl (C=O) groups excluding carboxylic acids is 1. The van der Waals surface area contributed by atoms with Crippen LogP contribution in [0.15, 0.2) is 41.9 Å². The van der Waals surface area contributed by atoms with Gasteiger partial charge in [0.25, 0.3) is 5.91 Å². The lowest BCUT2D eigenvalue weighted by Crippen LogP contribution is -2.10. The molecule has 0 fully saturated rings. The average Bonchev–Trinajstić information content (AvgIpc) is 3.20. The first-order valence-electron chi connectivity index (χ1n) is 7.53. The summed E-state index contributed by atoms with van der Waals surface area (Å²) in [6.07, 6.45) is 2.10. The van der Waals surface area contributed by atoms with Crippen LogP contribution in [0.2, 0.25) is 0 Å². The van der Waals surface area contributed by atoms with Crippen LogP contribution in [0.1, 0.15) is 23.5 Å². The zero-order valence-corrected chi connectivity index (χ0v) is 14.8. The molecule has 0 bridgehead atoms. The van der Waals surface area contributed by atoms with Crippen LogP contribution in [-0.4, -0.2) is 21.4 Å². The van der Waals surface area contributed by atoms with Crippen LogP contribution in [0, 0.1) is 0 Å². The van der Waals surface area contributed by atoms with Crippen molar-refractivity contribution >= 4 is 49.6 Å². The second-order valence-electron chi connectivity index (χ2n) is 5.61. The van der Waals surface area contributed by atoms with Gasteiger partial charge in [0.1, 0.15) is 10.6 Å². The molecule has 5 nitrogen and oxygen atoms in total. The van der Waals surface area contributed by atoms with Crippen LogP contribution in [-0.2, 0) is 0 Å². The van der Waals surface area contributed by atoms with Crippen molar-refractivity contribution in [2.24, 2.45) is 0 Å². The summed E-state index contributed by atoms with van der Waals surface area (Å²) < 4.78 is 7.61. The molecular weight excluding hydrogens is 342 g/mol. The van der Waals surface area contributed by atoms with Crippen molar-refractivity contribution in [2.75, 3.05) is 5.32 Å². The van der Waals surface area contributed by atoms with Gasteiger partial charge in [0.05, 0.1) is 16.5 Å². The van der Waals surface area contributed by atoms with E-state index in [0.29, 0.717) is 4.88 Å². The summed E-state index contributed by atoms with van der Waals surface area (Å²) in [4.78, 5) is 19.5. The van der Waals surface area contributed by atoms with Crippen molar-refractivity contribution in [3.63, 3.8) is 0 Å². The highest BCUT2D eigenvalue weighted by atomic mass is 32.1. The molecule has 3 aromatic heterocycles. The van der Waals surface area contributed by atoms with Gasteiger partial charge in [-0.2, -0.15) is 0 Å². The number of hydrogen-bond donors (Lipinski definition) is 1. The summed E-state index contributed by atoms with van der Waals surface area (Å²) in [5.74, 6) is 0.665. The molecule has 1 N–H and O–H groups in total. The summed E-state index contributed by atoms with van der Waals surface area (Å²) in [5.41, 5.74) is 1.72. The van der Waals surface area contributed by atoms with Crippen LogP contribution < -0.4 is 10.1 Å². The number of rotatable bonds is 4. The third kappa shape index (κ3) is 2.76. The lowest BCUT2D eigenvalue weighted by atomic mass is 10.3. The minimum Gasteiger partial charge on any atom is -0.491 e. The molecule has 1 aromatic carbocycles. The number of imidazole rings is 1. The molecule has 24 heavy (non-hydrogen) atoms. The number of thiazole rings is 1. The van der Waals surface area contributed by atoms with Gasteiger partial charge in [0.15, 0.2) is 4.96 Å². The lowest BCUT2D eigenvalue weighted by Gasteiger charge is -2.10. The molecule has 0 unspecified atom stereocenters. The Morgan fingerprint density at radius 2 is 2.08 bits per heavy atom. The zero-order chi connectivity index (χ0) is 16.7.